The van der Waals surface area contributed by atoms with E-state index in [9.17, 15) is 0 Å². The summed E-state index contributed by atoms with van der Waals surface area (Å²) in [6.45, 7) is 2.42. The molecule has 0 radical (unpaired) electrons. The number of hydrogen-bond donors (Lipinski definition) is 1. The molecular formula is C6H15ClN2. The summed E-state index contributed by atoms with van der Waals surface area (Å²) in [7, 11) is 4.22. The second-order valence-electron chi connectivity index (χ2n) is 2.70. The third-order valence-electron chi connectivity index (χ3n) is 1.51. The van der Waals surface area contributed by atoms with Gasteiger partial charge in [-0.2, -0.15) is 0 Å². The number of halogens is 1. The van der Waals surface area contributed by atoms with Gasteiger partial charge in [-0.15, -0.1) is 12.4 Å². The van der Waals surface area contributed by atoms with Gasteiger partial charge in [0, 0.05) is 12.6 Å². The molecule has 1 N–H and O–H groups in total. The highest BCUT2D eigenvalue weighted by Gasteiger charge is 2.15. The van der Waals surface area contributed by atoms with Crippen LogP contribution in [0.4, 0.5) is 0 Å². The first-order chi connectivity index (χ1) is 3.79. The van der Waals surface area contributed by atoms with Crippen molar-refractivity contribution in [1.82, 2.24) is 10.2 Å². The summed E-state index contributed by atoms with van der Waals surface area (Å²) >= 11 is 0. The smallest absolute Gasteiger partial charge is 0.0206 e. The molecule has 1 heterocycles. The fraction of sp³-hybridized carbons (Fsp3) is 1.00. The zero-order valence-corrected chi connectivity index (χ0v) is 6.87. The minimum Gasteiger partial charge on any atom is -0.313 e. The first kappa shape index (κ1) is 9.21. The van der Waals surface area contributed by atoms with Crippen LogP contribution in [0.1, 0.15) is 6.42 Å². The molecule has 0 saturated carbocycles. The SMILES string of the molecule is CN(C)C[C@H]1CCN1.Cl. The molecule has 1 fully saturated rings. The Labute approximate surface area is 63.0 Å². The molecule has 1 saturated heterocycles. The molecule has 1 aliphatic heterocycles. The lowest BCUT2D eigenvalue weighted by Crippen LogP contribution is -2.48. The number of nitrogens with zero attached hydrogens (tertiary/aromatic N) is 1. The van der Waals surface area contributed by atoms with E-state index in [1.165, 1.54) is 19.5 Å². The Bertz CT molecular complexity index is 71.5. The van der Waals surface area contributed by atoms with Crippen LogP contribution in [-0.2, 0) is 0 Å². The van der Waals surface area contributed by atoms with Gasteiger partial charge < -0.3 is 10.2 Å². The zero-order valence-electron chi connectivity index (χ0n) is 6.05. The van der Waals surface area contributed by atoms with E-state index in [4.69, 9.17) is 0 Å². The van der Waals surface area contributed by atoms with E-state index < -0.39 is 0 Å². The zero-order chi connectivity index (χ0) is 5.98. The van der Waals surface area contributed by atoms with Crippen molar-refractivity contribution in [2.24, 2.45) is 0 Å². The lowest BCUT2D eigenvalue weighted by Gasteiger charge is -2.29. The summed E-state index contributed by atoms with van der Waals surface area (Å²) < 4.78 is 0. The van der Waals surface area contributed by atoms with Gasteiger partial charge in [0.15, 0.2) is 0 Å². The van der Waals surface area contributed by atoms with E-state index in [0.717, 1.165) is 6.04 Å². The van der Waals surface area contributed by atoms with Crippen LogP contribution >= 0.6 is 12.4 Å². The van der Waals surface area contributed by atoms with E-state index in [-0.39, 0.29) is 12.4 Å². The molecule has 0 spiro atoms. The molecule has 0 amide bonds. The number of nitrogens with one attached hydrogen (secondary N) is 1. The van der Waals surface area contributed by atoms with E-state index >= 15 is 0 Å². The Balaban J connectivity index is 0.000000640. The fourth-order valence-electron chi connectivity index (χ4n) is 0.945. The van der Waals surface area contributed by atoms with Crippen LogP contribution in [0.2, 0.25) is 0 Å². The minimum absolute atomic E-state index is 0. The molecule has 0 aromatic heterocycles. The molecule has 3 heteroatoms. The second kappa shape index (κ2) is 4.09. The summed E-state index contributed by atoms with van der Waals surface area (Å²) in [5.74, 6) is 0. The first-order valence-electron chi connectivity index (χ1n) is 3.17. The van der Waals surface area contributed by atoms with Crippen molar-refractivity contribution in [2.45, 2.75) is 12.5 Å². The third-order valence-corrected chi connectivity index (χ3v) is 1.51. The number of likely N-dealkylation sites (N-methyl/N-ethyl adjacent to an activating group) is 1. The summed E-state index contributed by atoms with van der Waals surface area (Å²) in [6.07, 6.45) is 1.36. The molecule has 1 rings (SSSR count). The van der Waals surface area contributed by atoms with Crippen molar-refractivity contribution in [1.29, 1.82) is 0 Å². The van der Waals surface area contributed by atoms with Crippen molar-refractivity contribution in [3.63, 3.8) is 0 Å². The van der Waals surface area contributed by atoms with Crippen LogP contribution in [0.3, 0.4) is 0 Å². The first-order valence-corrected chi connectivity index (χ1v) is 3.17. The Morgan fingerprint density at radius 2 is 2.11 bits per heavy atom. The monoisotopic (exact) mass is 150 g/mol. The highest BCUT2D eigenvalue weighted by molar-refractivity contribution is 5.85. The summed E-state index contributed by atoms with van der Waals surface area (Å²) in [5.41, 5.74) is 0. The van der Waals surface area contributed by atoms with Crippen LogP contribution in [-0.4, -0.2) is 38.1 Å². The summed E-state index contributed by atoms with van der Waals surface area (Å²) in [5, 5.41) is 3.34. The lowest BCUT2D eigenvalue weighted by molar-refractivity contribution is 0.273. The molecule has 0 bridgehead atoms. The van der Waals surface area contributed by atoms with Gasteiger partial charge in [0.05, 0.1) is 0 Å². The number of rotatable bonds is 2. The van der Waals surface area contributed by atoms with Gasteiger partial charge in [0.2, 0.25) is 0 Å². The van der Waals surface area contributed by atoms with Crippen LogP contribution < -0.4 is 5.32 Å². The van der Waals surface area contributed by atoms with Gasteiger partial charge in [-0.05, 0) is 27.1 Å². The maximum Gasteiger partial charge on any atom is 0.0206 e. The Morgan fingerprint density at radius 1 is 1.56 bits per heavy atom. The summed E-state index contributed by atoms with van der Waals surface area (Å²) in [6, 6.07) is 0.782. The Morgan fingerprint density at radius 3 is 2.22 bits per heavy atom. The van der Waals surface area contributed by atoms with Crippen LogP contribution in [0.5, 0.6) is 0 Å². The highest BCUT2D eigenvalue weighted by atomic mass is 35.5. The minimum atomic E-state index is 0. The molecule has 0 unspecified atom stereocenters. The quantitative estimate of drug-likeness (QED) is 0.611. The molecule has 1 aliphatic rings. The van der Waals surface area contributed by atoms with Gasteiger partial charge >= 0.3 is 0 Å². The fourth-order valence-corrected chi connectivity index (χ4v) is 0.945. The topological polar surface area (TPSA) is 15.3 Å². The van der Waals surface area contributed by atoms with Gasteiger partial charge in [0.25, 0.3) is 0 Å². The predicted molar refractivity (Wildman–Crippen MR) is 42.2 cm³/mol. The van der Waals surface area contributed by atoms with Gasteiger partial charge in [-0.25, -0.2) is 0 Å². The van der Waals surface area contributed by atoms with Gasteiger partial charge in [0.1, 0.15) is 0 Å². The molecule has 9 heavy (non-hydrogen) atoms. The molecular weight excluding hydrogens is 136 g/mol. The van der Waals surface area contributed by atoms with Gasteiger partial charge in [-0.3, -0.25) is 0 Å². The molecule has 56 valence electrons. The Kier molecular flexibility index (Phi) is 4.19. The van der Waals surface area contributed by atoms with Crippen LogP contribution in [0.25, 0.3) is 0 Å². The van der Waals surface area contributed by atoms with Crippen molar-refractivity contribution in [3.05, 3.63) is 0 Å². The van der Waals surface area contributed by atoms with Crippen molar-refractivity contribution >= 4 is 12.4 Å². The molecule has 0 aliphatic carbocycles. The van der Waals surface area contributed by atoms with Crippen molar-refractivity contribution in [3.8, 4) is 0 Å². The van der Waals surface area contributed by atoms with Crippen LogP contribution in [0.15, 0.2) is 0 Å². The largest absolute Gasteiger partial charge is 0.313 e. The van der Waals surface area contributed by atoms with Gasteiger partial charge in [-0.1, -0.05) is 0 Å². The molecule has 0 aromatic carbocycles. The Hall–Kier alpha value is 0.210. The lowest BCUT2D eigenvalue weighted by atomic mass is 10.1. The third kappa shape index (κ3) is 3.04. The standard InChI is InChI=1S/C6H14N2.ClH/c1-8(2)5-6-3-4-7-6;/h6-7H,3-5H2,1-2H3;1H/t6-;/m1./s1. The van der Waals surface area contributed by atoms with E-state index in [1.807, 2.05) is 0 Å². The molecule has 2 nitrogen and oxygen atoms in total. The van der Waals surface area contributed by atoms with Crippen molar-refractivity contribution < 1.29 is 0 Å². The second-order valence-corrected chi connectivity index (χ2v) is 2.70. The van der Waals surface area contributed by atoms with E-state index in [2.05, 4.69) is 24.3 Å². The maximum absolute atomic E-state index is 3.34. The highest BCUT2D eigenvalue weighted by Crippen LogP contribution is 2.01. The van der Waals surface area contributed by atoms with E-state index in [0.29, 0.717) is 0 Å². The molecule has 1 atom stereocenters. The number of hydrogen-bond acceptors (Lipinski definition) is 2. The van der Waals surface area contributed by atoms with E-state index in [1.54, 1.807) is 0 Å². The maximum atomic E-state index is 3.34. The van der Waals surface area contributed by atoms with Crippen molar-refractivity contribution in [2.75, 3.05) is 27.2 Å². The normalized spacial score (nSPS) is 25.0. The van der Waals surface area contributed by atoms with Crippen LogP contribution in [0, 0.1) is 0 Å². The average molecular weight is 151 g/mol. The molecule has 0 aromatic rings. The average Bonchev–Trinajstić information content (AvgIpc) is 1.55. The summed E-state index contributed by atoms with van der Waals surface area (Å²) in [4.78, 5) is 2.22. The predicted octanol–water partition coefficient (Wildman–Crippen LogP) is 0.332.